The summed E-state index contributed by atoms with van der Waals surface area (Å²) in [5, 5.41) is 3.75. The summed E-state index contributed by atoms with van der Waals surface area (Å²) in [5.74, 6) is -0.524. The van der Waals surface area contributed by atoms with Crippen LogP contribution in [0.4, 0.5) is 8.78 Å². The summed E-state index contributed by atoms with van der Waals surface area (Å²) in [6.45, 7) is -3.00. The Hall–Kier alpha value is -3.17. The molecule has 2 aromatic heterocycles. The molecule has 0 saturated carbocycles. The van der Waals surface area contributed by atoms with E-state index in [1.807, 2.05) is 0 Å². The maximum atomic E-state index is 12.7. The minimum atomic E-state index is -3.00. The zero-order valence-electron chi connectivity index (χ0n) is 14.1. The molecule has 0 fully saturated rings. The third kappa shape index (κ3) is 3.49. The van der Waals surface area contributed by atoms with E-state index in [2.05, 4.69) is 25.9 Å². The van der Waals surface area contributed by atoms with Crippen molar-refractivity contribution in [2.45, 2.75) is 12.7 Å². The molecule has 10 heteroatoms. The Morgan fingerprint density at radius 2 is 2.18 bits per heavy atom. The van der Waals surface area contributed by atoms with E-state index in [9.17, 15) is 13.6 Å². The minimum absolute atomic E-state index is 0.0597. The topological polar surface area (TPSA) is 88.4 Å². The number of alkyl halides is 2. The number of carbonyl (C=O) groups excluding carboxylic acids is 1. The summed E-state index contributed by atoms with van der Waals surface area (Å²) in [7, 11) is 0. The third-order valence-electron chi connectivity index (χ3n) is 4.13. The fourth-order valence-corrected chi connectivity index (χ4v) is 3.10. The highest BCUT2D eigenvalue weighted by Crippen LogP contribution is 2.34. The number of carbonyl (C=O) groups is 1. The highest BCUT2D eigenvalue weighted by atomic mass is 35.5. The second-order valence-electron chi connectivity index (χ2n) is 5.86. The summed E-state index contributed by atoms with van der Waals surface area (Å²) in [4.78, 5) is 16.8. The molecular formula is C18H13ClF2N4O3. The van der Waals surface area contributed by atoms with Crippen molar-refractivity contribution in [3.8, 4) is 5.75 Å². The number of pyridine rings is 1. The molecule has 1 aliphatic rings. The lowest BCUT2D eigenvalue weighted by atomic mass is 10.0. The van der Waals surface area contributed by atoms with Gasteiger partial charge in [0.15, 0.2) is 0 Å². The van der Waals surface area contributed by atoms with Gasteiger partial charge in [-0.3, -0.25) is 9.78 Å². The van der Waals surface area contributed by atoms with Gasteiger partial charge in [-0.25, -0.2) is 5.43 Å². The molecule has 1 aromatic carbocycles. The van der Waals surface area contributed by atoms with Crippen LogP contribution in [-0.2, 0) is 0 Å². The van der Waals surface area contributed by atoms with Gasteiger partial charge in [0.1, 0.15) is 16.9 Å². The van der Waals surface area contributed by atoms with Gasteiger partial charge < -0.3 is 19.9 Å². The summed E-state index contributed by atoms with van der Waals surface area (Å²) in [6.07, 6.45) is 5.93. The van der Waals surface area contributed by atoms with Crippen molar-refractivity contribution in [3.63, 3.8) is 0 Å². The van der Waals surface area contributed by atoms with Crippen LogP contribution in [0.3, 0.4) is 0 Å². The minimum Gasteiger partial charge on any atom is -0.463 e. The third-order valence-corrected chi connectivity index (χ3v) is 4.36. The van der Waals surface area contributed by atoms with Crippen LogP contribution in [0.1, 0.15) is 22.0 Å². The molecule has 0 spiro atoms. The second-order valence-corrected chi connectivity index (χ2v) is 6.30. The van der Waals surface area contributed by atoms with E-state index in [-0.39, 0.29) is 11.3 Å². The first-order valence-corrected chi connectivity index (χ1v) is 8.48. The van der Waals surface area contributed by atoms with E-state index in [4.69, 9.17) is 16.0 Å². The Bertz CT molecular complexity index is 1070. The highest BCUT2D eigenvalue weighted by Gasteiger charge is 2.28. The monoisotopic (exact) mass is 406 g/mol. The number of halogens is 3. The predicted octanol–water partition coefficient (Wildman–Crippen LogP) is 3.50. The largest absolute Gasteiger partial charge is 0.463 e. The molecule has 0 radical (unpaired) electrons. The van der Waals surface area contributed by atoms with Gasteiger partial charge in [-0.05, 0) is 24.3 Å². The van der Waals surface area contributed by atoms with Crippen molar-refractivity contribution >= 4 is 28.5 Å². The number of aromatic nitrogens is 1. The normalized spacial score (nSPS) is 16.1. The number of rotatable bonds is 5. The summed E-state index contributed by atoms with van der Waals surface area (Å²) < 4.78 is 35.4. The van der Waals surface area contributed by atoms with E-state index >= 15 is 0 Å². The Morgan fingerprint density at radius 3 is 3.00 bits per heavy atom. The lowest BCUT2D eigenvalue weighted by Gasteiger charge is -2.19. The van der Waals surface area contributed by atoms with Crippen LogP contribution in [0.15, 0.2) is 59.2 Å². The van der Waals surface area contributed by atoms with Gasteiger partial charge in [0.05, 0.1) is 18.0 Å². The van der Waals surface area contributed by atoms with Gasteiger partial charge in [0.25, 0.3) is 5.91 Å². The second kappa shape index (κ2) is 7.45. The Balaban J connectivity index is 1.62. The highest BCUT2D eigenvalue weighted by molar-refractivity contribution is 6.30. The fourth-order valence-electron chi connectivity index (χ4n) is 2.92. The molecule has 1 unspecified atom stereocenters. The molecule has 3 aromatic rings. The van der Waals surface area contributed by atoms with E-state index in [1.54, 1.807) is 12.3 Å². The van der Waals surface area contributed by atoms with Crippen LogP contribution >= 0.6 is 11.6 Å². The number of nitrogens with zero attached hydrogens (tertiary/aromatic N) is 1. The fraction of sp³-hybridized carbons (Fsp3) is 0.111. The van der Waals surface area contributed by atoms with Crippen molar-refractivity contribution in [2.24, 2.45) is 0 Å². The Morgan fingerprint density at radius 1 is 1.32 bits per heavy atom. The van der Waals surface area contributed by atoms with Gasteiger partial charge in [0, 0.05) is 34.6 Å². The molecule has 1 atom stereocenters. The smallest absolute Gasteiger partial charge is 0.387 e. The molecule has 0 bridgehead atoms. The number of hydrogen-bond acceptors (Lipinski definition) is 6. The number of furan rings is 1. The van der Waals surface area contributed by atoms with Crippen LogP contribution < -0.4 is 20.9 Å². The maximum Gasteiger partial charge on any atom is 0.387 e. The Labute approximate surface area is 162 Å². The molecular weight excluding hydrogens is 394 g/mol. The maximum absolute atomic E-state index is 12.7. The number of benzene rings is 1. The van der Waals surface area contributed by atoms with Gasteiger partial charge in [-0.15, -0.1) is 0 Å². The van der Waals surface area contributed by atoms with Gasteiger partial charge in [-0.1, -0.05) is 11.6 Å². The molecule has 7 nitrogen and oxygen atoms in total. The van der Waals surface area contributed by atoms with Crippen molar-refractivity contribution in [3.05, 3.63) is 71.0 Å². The van der Waals surface area contributed by atoms with E-state index in [0.29, 0.717) is 27.3 Å². The average molecular weight is 407 g/mol. The molecule has 1 aliphatic heterocycles. The van der Waals surface area contributed by atoms with Crippen molar-refractivity contribution in [1.29, 1.82) is 0 Å². The molecule has 0 saturated heterocycles. The number of nitrogens with one attached hydrogen (secondary N) is 3. The van der Waals surface area contributed by atoms with Crippen LogP contribution in [0.25, 0.3) is 11.0 Å². The van der Waals surface area contributed by atoms with Crippen LogP contribution in [-0.4, -0.2) is 17.5 Å². The first kappa shape index (κ1) is 18.2. The Kier molecular flexibility index (Phi) is 4.84. The van der Waals surface area contributed by atoms with Crippen molar-refractivity contribution < 1.29 is 22.7 Å². The van der Waals surface area contributed by atoms with Crippen LogP contribution in [0.5, 0.6) is 5.75 Å². The molecule has 3 N–H and O–H groups in total. The predicted molar refractivity (Wildman–Crippen MR) is 96.7 cm³/mol. The number of amides is 1. The summed E-state index contributed by atoms with van der Waals surface area (Å²) >= 11 is 6.02. The number of fused-ring (bicyclic) bond motifs is 1. The van der Waals surface area contributed by atoms with Gasteiger partial charge in [-0.2, -0.15) is 8.78 Å². The standard InChI is InChI=1S/C18H13ClF2N4O3/c19-10-1-2-14(28-18(20)21)11(5-10)15-13(8-23-25-15)24-17(26)12-7-22-6-9-3-4-27-16(9)12/h1-8,15,18,23,25H,(H,24,26). The molecule has 1 amide bonds. The lowest BCUT2D eigenvalue weighted by Crippen LogP contribution is -2.31. The molecule has 0 aliphatic carbocycles. The number of hydrogen-bond donors (Lipinski definition) is 3. The van der Waals surface area contributed by atoms with E-state index in [0.717, 1.165) is 0 Å². The molecule has 28 heavy (non-hydrogen) atoms. The van der Waals surface area contributed by atoms with Gasteiger partial charge in [0.2, 0.25) is 0 Å². The molecule has 3 heterocycles. The SMILES string of the molecule is O=C(NC1=CNNC1c1cc(Cl)ccc1OC(F)F)c1cncc2ccoc12. The van der Waals surface area contributed by atoms with Crippen LogP contribution in [0, 0.1) is 0 Å². The summed E-state index contributed by atoms with van der Waals surface area (Å²) in [6, 6.07) is 5.28. The van der Waals surface area contributed by atoms with Crippen molar-refractivity contribution in [1.82, 2.24) is 21.2 Å². The number of hydrazine groups is 1. The summed E-state index contributed by atoms with van der Waals surface area (Å²) in [5.41, 5.74) is 6.98. The first-order valence-electron chi connectivity index (χ1n) is 8.11. The lowest BCUT2D eigenvalue weighted by molar-refractivity contribution is -0.0506. The average Bonchev–Trinajstić information content (AvgIpc) is 3.31. The van der Waals surface area contributed by atoms with E-state index < -0.39 is 18.6 Å². The molecule has 4 rings (SSSR count). The van der Waals surface area contributed by atoms with E-state index in [1.165, 1.54) is 36.9 Å². The zero-order chi connectivity index (χ0) is 19.7. The number of ether oxygens (including phenoxy) is 1. The van der Waals surface area contributed by atoms with Gasteiger partial charge >= 0.3 is 6.61 Å². The van der Waals surface area contributed by atoms with Crippen LogP contribution in [0.2, 0.25) is 5.02 Å². The zero-order valence-corrected chi connectivity index (χ0v) is 14.8. The van der Waals surface area contributed by atoms with Crippen molar-refractivity contribution in [2.75, 3.05) is 0 Å². The molecule has 144 valence electrons. The first-order chi connectivity index (χ1) is 13.5. The quantitative estimate of drug-likeness (QED) is 0.601.